The fraction of sp³-hybridized carbons (Fsp3) is 0.250. The van der Waals surface area contributed by atoms with Crippen molar-refractivity contribution in [1.29, 1.82) is 0 Å². The van der Waals surface area contributed by atoms with Crippen LogP contribution in [-0.2, 0) is 15.1 Å². The first-order valence-corrected chi connectivity index (χ1v) is 9.67. The number of urea groups is 1. The van der Waals surface area contributed by atoms with Gasteiger partial charge >= 0.3 is 12.2 Å². The number of alkyl halides is 3. The fourth-order valence-corrected chi connectivity index (χ4v) is 3.49. The SMILES string of the molecule is CC(NC(=O)CN1C(=O)NC(c2ccccc2)(C(F)(F)F)C1=O)c1ccc(Br)cc1. The Morgan fingerprint density at radius 3 is 2.30 bits per heavy atom. The first-order chi connectivity index (χ1) is 14.1. The first kappa shape index (κ1) is 21.8. The molecule has 2 aromatic rings. The predicted octanol–water partition coefficient (Wildman–Crippen LogP) is 3.64. The molecule has 3 rings (SSSR count). The van der Waals surface area contributed by atoms with Crippen LogP contribution < -0.4 is 10.6 Å². The number of nitrogens with zero attached hydrogens (tertiary/aromatic N) is 1. The molecule has 4 amide bonds. The molecule has 2 unspecified atom stereocenters. The maximum atomic E-state index is 13.9. The van der Waals surface area contributed by atoms with Gasteiger partial charge in [-0.15, -0.1) is 0 Å². The van der Waals surface area contributed by atoms with Gasteiger partial charge in [0.1, 0.15) is 6.54 Å². The third kappa shape index (κ3) is 3.91. The minimum absolute atomic E-state index is 0.282. The molecule has 1 saturated heterocycles. The summed E-state index contributed by atoms with van der Waals surface area (Å²) in [6, 6.07) is 11.6. The van der Waals surface area contributed by atoms with Gasteiger partial charge in [-0.1, -0.05) is 58.4 Å². The molecule has 0 radical (unpaired) electrons. The topological polar surface area (TPSA) is 78.5 Å². The minimum atomic E-state index is -5.10. The number of carbonyl (C=O) groups excluding carboxylic acids is 3. The van der Waals surface area contributed by atoms with Gasteiger partial charge in [0.05, 0.1) is 6.04 Å². The standard InChI is InChI=1S/C20H17BrF3N3O3/c1-12(13-7-9-15(21)10-8-13)25-16(28)11-27-17(29)19(20(22,23)24,26-18(27)30)14-5-3-2-4-6-14/h2-10,12H,11H2,1H3,(H,25,28)(H,26,30). The van der Waals surface area contributed by atoms with Crippen LogP contribution >= 0.6 is 15.9 Å². The highest BCUT2D eigenvalue weighted by atomic mass is 79.9. The third-order valence-electron chi connectivity index (χ3n) is 4.79. The maximum absolute atomic E-state index is 13.9. The summed E-state index contributed by atoms with van der Waals surface area (Å²) in [5, 5.41) is 4.33. The summed E-state index contributed by atoms with van der Waals surface area (Å²) in [4.78, 5) is 37.7. The van der Waals surface area contributed by atoms with Crippen LogP contribution in [0.2, 0.25) is 0 Å². The molecule has 0 aliphatic carbocycles. The van der Waals surface area contributed by atoms with E-state index < -0.39 is 47.7 Å². The van der Waals surface area contributed by atoms with Crippen molar-refractivity contribution in [2.24, 2.45) is 0 Å². The number of hydrogen-bond acceptors (Lipinski definition) is 3. The van der Waals surface area contributed by atoms with Crippen LogP contribution in [0.25, 0.3) is 0 Å². The zero-order valence-corrected chi connectivity index (χ0v) is 17.3. The molecule has 1 heterocycles. The smallest absolute Gasteiger partial charge is 0.348 e. The fourth-order valence-electron chi connectivity index (χ4n) is 3.22. The molecule has 2 N–H and O–H groups in total. The molecule has 0 saturated carbocycles. The van der Waals surface area contributed by atoms with E-state index in [4.69, 9.17) is 0 Å². The van der Waals surface area contributed by atoms with Gasteiger partial charge in [-0.3, -0.25) is 14.5 Å². The van der Waals surface area contributed by atoms with Gasteiger partial charge in [0.25, 0.3) is 5.91 Å². The Bertz CT molecular complexity index is 967. The van der Waals surface area contributed by atoms with Gasteiger partial charge in [0.2, 0.25) is 11.4 Å². The second-order valence-corrected chi connectivity index (χ2v) is 7.69. The lowest BCUT2D eigenvalue weighted by Crippen LogP contribution is -2.56. The van der Waals surface area contributed by atoms with E-state index in [0.717, 1.165) is 22.2 Å². The van der Waals surface area contributed by atoms with E-state index in [2.05, 4.69) is 21.2 Å². The highest BCUT2D eigenvalue weighted by Crippen LogP contribution is 2.43. The van der Waals surface area contributed by atoms with E-state index in [1.807, 2.05) is 0 Å². The number of benzene rings is 2. The Hall–Kier alpha value is -2.88. The quantitative estimate of drug-likeness (QED) is 0.637. The molecule has 2 aromatic carbocycles. The van der Waals surface area contributed by atoms with Gasteiger partial charge in [-0.05, 0) is 30.2 Å². The largest absolute Gasteiger partial charge is 0.425 e. The second-order valence-electron chi connectivity index (χ2n) is 6.78. The van der Waals surface area contributed by atoms with Crippen LogP contribution in [0.3, 0.4) is 0 Å². The highest BCUT2D eigenvalue weighted by molar-refractivity contribution is 9.10. The van der Waals surface area contributed by atoms with Crippen molar-refractivity contribution in [3.63, 3.8) is 0 Å². The summed E-state index contributed by atoms with van der Waals surface area (Å²) in [6.07, 6.45) is -5.10. The summed E-state index contributed by atoms with van der Waals surface area (Å²) in [6.45, 7) is 0.840. The van der Waals surface area contributed by atoms with Crippen LogP contribution in [0.15, 0.2) is 59.1 Å². The molecule has 1 aliphatic rings. The molecule has 30 heavy (non-hydrogen) atoms. The average Bonchev–Trinajstić information content (AvgIpc) is 2.94. The summed E-state index contributed by atoms with van der Waals surface area (Å²) in [5.74, 6) is -2.31. The van der Waals surface area contributed by atoms with Gasteiger partial charge in [-0.25, -0.2) is 4.79 Å². The minimum Gasteiger partial charge on any atom is -0.348 e. The number of imide groups is 1. The van der Waals surface area contributed by atoms with Crippen LogP contribution in [0, 0.1) is 0 Å². The van der Waals surface area contributed by atoms with E-state index in [-0.39, 0.29) is 4.90 Å². The van der Waals surface area contributed by atoms with Crippen molar-refractivity contribution in [1.82, 2.24) is 15.5 Å². The van der Waals surface area contributed by atoms with Crippen molar-refractivity contribution in [3.05, 3.63) is 70.2 Å². The average molecular weight is 484 g/mol. The predicted molar refractivity (Wildman–Crippen MR) is 105 cm³/mol. The molecule has 0 spiro atoms. The molecular formula is C20H17BrF3N3O3. The van der Waals surface area contributed by atoms with Crippen molar-refractivity contribution < 1.29 is 27.6 Å². The molecule has 6 nitrogen and oxygen atoms in total. The summed E-state index contributed by atoms with van der Waals surface area (Å²) < 4.78 is 42.6. The Kier molecular flexibility index (Phi) is 5.89. The van der Waals surface area contributed by atoms with Crippen LogP contribution in [0.5, 0.6) is 0 Å². The first-order valence-electron chi connectivity index (χ1n) is 8.87. The Labute approximate surface area is 178 Å². The Balaban J connectivity index is 1.80. The van der Waals surface area contributed by atoms with Crippen LogP contribution in [0.1, 0.15) is 24.1 Å². The number of hydrogen-bond donors (Lipinski definition) is 2. The van der Waals surface area contributed by atoms with E-state index in [0.29, 0.717) is 0 Å². The highest BCUT2D eigenvalue weighted by Gasteiger charge is 2.68. The number of carbonyl (C=O) groups is 3. The van der Waals surface area contributed by atoms with Gasteiger partial charge in [0, 0.05) is 4.47 Å². The van der Waals surface area contributed by atoms with Crippen molar-refractivity contribution >= 4 is 33.8 Å². The van der Waals surface area contributed by atoms with E-state index in [1.54, 1.807) is 36.5 Å². The Morgan fingerprint density at radius 2 is 1.73 bits per heavy atom. The zero-order chi connectivity index (χ0) is 22.1. The van der Waals surface area contributed by atoms with Crippen molar-refractivity contribution in [2.75, 3.05) is 6.54 Å². The molecule has 1 aliphatic heterocycles. The third-order valence-corrected chi connectivity index (χ3v) is 5.32. The molecule has 1 fully saturated rings. The second kappa shape index (κ2) is 8.10. The molecule has 10 heteroatoms. The van der Waals surface area contributed by atoms with E-state index >= 15 is 0 Å². The number of nitrogens with one attached hydrogen (secondary N) is 2. The van der Waals surface area contributed by atoms with Gasteiger partial charge in [-0.2, -0.15) is 13.2 Å². The monoisotopic (exact) mass is 483 g/mol. The lowest BCUT2D eigenvalue weighted by Gasteiger charge is -2.29. The molecular weight excluding hydrogens is 467 g/mol. The number of halogens is 4. The van der Waals surface area contributed by atoms with Crippen LogP contribution in [-0.4, -0.2) is 35.5 Å². The molecule has 2 atom stereocenters. The van der Waals surface area contributed by atoms with E-state index in [9.17, 15) is 27.6 Å². The zero-order valence-electron chi connectivity index (χ0n) is 15.7. The summed E-state index contributed by atoms with van der Waals surface area (Å²) >= 11 is 3.29. The van der Waals surface area contributed by atoms with Crippen LogP contribution in [0.4, 0.5) is 18.0 Å². The maximum Gasteiger partial charge on any atom is 0.425 e. The Morgan fingerprint density at radius 1 is 1.13 bits per heavy atom. The van der Waals surface area contributed by atoms with Crippen molar-refractivity contribution in [2.45, 2.75) is 24.7 Å². The lowest BCUT2D eigenvalue weighted by atomic mass is 9.89. The molecule has 0 bridgehead atoms. The molecule has 158 valence electrons. The van der Waals surface area contributed by atoms with Crippen molar-refractivity contribution in [3.8, 4) is 0 Å². The lowest BCUT2D eigenvalue weighted by molar-refractivity contribution is -0.198. The number of rotatable bonds is 5. The summed E-state index contributed by atoms with van der Waals surface area (Å²) in [5.41, 5.74) is -2.91. The number of amides is 4. The summed E-state index contributed by atoms with van der Waals surface area (Å²) in [7, 11) is 0. The van der Waals surface area contributed by atoms with Gasteiger partial charge < -0.3 is 10.6 Å². The molecule has 0 aromatic heterocycles. The normalized spacial score (nSPS) is 20.1. The van der Waals surface area contributed by atoms with E-state index in [1.165, 1.54) is 18.2 Å². The van der Waals surface area contributed by atoms with Gasteiger partial charge in [0.15, 0.2) is 0 Å².